The average Bonchev–Trinajstić information content (AvgIpc) is 3.21. The number of carbonyl (C=O) groups is 1. The average molecular weight is 571 g/mol. The molecule has 0 amide bonds. The first-order valence-corrected chi connectivity index (χ1v) is 13.5. The third-order valence-corrected chi connectivity index (χ3v) is 7.40. The maximum absolute atomic E-state index is 13.6. The van der Waals surface area contributed by atoms with E-state index in [1.165, 1.54) is 12.1 Å². The Balaban J connectivity index is 1.45. The number of aromatic nitrogens is 2. The van der Waals surface area contributed by atoms with Gasteiger partial charge in [0.05, 0.1) is 12.2 Å². The second-order valence-electron chi connectivity index (χ2n) is 8.57. The van der Waals surface area contributed by atoms with Crippen LogP contribution < -0.4 is 20.9 Å². The quantitative estimate of drug-likeness (QED) is 0.111. The van der Waals surface area contributed by atoms with Crippen LogP contribution in [0, 0.1) is 12.3 Å². The zero-order chi connectivity index (χ0) is 28.8. The molecule has 210 valence electrons. The van der Waals surface area contributed by atoms with Gasteiger partial charge in [-0.2, -0.15) is 0 Å². The van der Waals surface area contributed by atoms with Crippen LogP contribution in [-0.4, -0.2) is 63.3 Å². The largest absolute Gasteiger partial charge is 0.461 e. The second-order valence-corrected chi connectivity index (χ2v) is 10.3. The normalized spacial score (nSPS) is 23.6. The number of hydrogen-bond acceptors (Lipinski definition) is 10. The van der Waals surface area contributed by atoms with E-state index in [-0.39, 0.29) is 18.9 Å². The minimum absolute atomic E-state index is 0.138. The van der Waals surface area contributed by atoms with Crippen LogP contribution in [-0.2, 0) is 18.6 Å². The Labute approximate surface area is 227 Å². The SMILES string of the molecule is C#C[C@@]1(O)[C@H](O)[C@@H](COP(=O)(NCCOC(=O)c2ccccc2)Oc2ccccc2)O[C@H]1n1ccc(=O)[nH]c1=O. The Hall–Kier alpha value is -4.02. The zero-order valence-corrected chi connectivity index (χ0v) is 21.8. The van der Waals surface area contributed by atoms with E-state index < -0.39 is 55.6 Å². The van der Waals surface area contributed by atoms with Crippen molar-refractivity contribution in [1.29, 1.82) is 0 Å². The lowest BCUT2D eigenvalue weighted by Crippen LogP contribution is -2.48. The van der Waals surface area contributed by atoms with Gasteiger partial charge in [-0.1, -0.05) is 42.3 Å². The summed E-state index contributed by atoms with van der Waals surface area (Å²) in [5.74, 6) is 1.63. The van der Waals surface area contributed by atoms with Gasteiger partial charge in [0.15, 0.2) is 11.8 Å². The van der Waals surface area contributed by atoms with Crippen molar-refractivity contribution in [3.05, 3.63) is 99.3 Å². The molecule has 1 aromatic heterocycles. The highest BCUT2D eigenvalue weighted by Crippen LogP contribution is 2.46. The first kappa shape index (κ1) is 29.0. The fourth-order valence-corrected chi connectivity index (χ4v) is 5.15. The van der Waals surface area contributed by atoms with Crippen LogP contribution in [0.15, 0.2) is 82.5 Å². The van der Waals surface area contributed by atoms with E-state index in [0.717, 1.165) is 16.8 Å². The number of H-pyrrole nitrogens is 1. The third-order valence-electron chi connectivity index (χ3n) is 5.85. The minimum atomic E-state index is -4.19. The summed E-state index contributed by atoms with van der Waals surface area (Å²) in [5.41, 5.74) is -3.69. The Morgan fingerprint density at radius 1 is 1.15 bits per heavy atom. The molecule has 1 aliphatic heterocycles. The third kappa shape index (κ3) is 6.57. The van der Waals surface area contributed by atoms with Crippen LogP contribution in [0.25, 0.3) is 0 Å². The molecule has 4 rings (SSSR count). The molecule has 40 heavy (non-hydrogen) atoms. The standard InChI is InChI=1S/C26H26N3O10P/c1-2-26(34)22(31)20(38-24(26)29-15-13-21(30)28-25(29)33)17-37-40(35,39-19-11-7-4-8-12-19)27-14-16-36-23(32)18-9-5-3-6-10-18/h1,3-13,15,20,22,24,31,34H,14,16-17H2,(H,27,35)(H,28,30,33)/t20-,22-,24-,26-,40?/m1/s1. The van der Waals surface area contributed by atoms with Gasteiger partial charge < -0.3 is 24.2 Å². The first-order valence-electron chi connectivity index (χ1n) is 12.0. The number of aromatic amines is 1. The Morgan fingerprint density at radius 3 is 2.48 bits per heavy atom. The van der Waals surface area contributed by atoms with Crippen molar-refractivity contribution < 1.29 is 38.1 Å². The molecule has 0 bridgehead atoms. The van der Waals surface area contributed by atoms with Crippen molar-refractivity contribution in [2.75, 3.05) is 19.8 Å². The number of aliphatic hydroxyl groups is 2. The predicted molar refractivity (Wildman–Crippen MR) is 140 cm³/mol. The number of nitrogens with zero attached hydrogens (tertiary/aromatic N) is 1. The van der Waals surface area contributed by atoms with Crippen LogP contribution in [0.5, 0.6) is 5.75 Å². The molecule has 1 saturated heterocycles. The van der Waals surface area contributed by atoms with E-state index in [9.17, 15) is 29.2 Å². The maximum atomic E-state index is 13.6. The fraction of sp³-hybridized carbons (Fsp3) is 0.269. The minimum Gasteiger partial charge on any atom is -0.461 e. The predicted octanol–water partition coefficient (Wildman–Crippen LogP) is 0.809. The van der Waals surface area contributed by atoms with Crippen molar-refractivity contribution >= 4 is 13.7 Å². The molecule has 4 N–H and O–H groups in total. The van der Waals surface area contributed by atoms with Gasteiger partial charge >= 0.3 is 19.4 Å². The number of rotatable bonds is 11. The Bertz CT molecular complexity index is 1520. The summed E-state index contributed by atoms with van der Waals surface area (Å²) in [6, 6.07) is 17.4. The van der Waals surface area contributed by atoms with Crippen LogP contribution >= 0.6 is 7.75 Å². The number of para-hydroxylation sites is 1. The van der Waals surface area contributed by atoms with Crippen molar-refractivity contribution in [1.82, 2.24) is 14.6 Å². The molecule has 14 heteroatoms. The van der Waals surface area contributed by atoms with Gasteiger partial charge in [0.25, 0.3) is 5.56 Å². The van der Waals surface area contributed by atoms with Crippen molar-refractivity contribution in [2.45, 2.75) is 24.0 Å². The first-order chi connectivity index (χ1) is 19.1. The van der Waals surface area contributed by atoms with Gasteiger partial charge in [0, 0.05) is 18.8 Å². The highest BCUT2D eigenvalue weighted by atomic mass is 31.2. The van der Waals surface area contributed by atoms with Gasteiger partial charge in [-0.05, 0) is 24.3 Å². The smallest absolute Gasteiger partial charge is 0.458 e. The van der Waals surface area contributed by atoms with Gasteiger partial charge in [-0.3, -0.25) is 18.9 Å². The Kier molecular flexibility index (Phi) is 9.01. The van der Waals surface area contributed by atoms with E-state index in [1.54, 1.807) is 48.5 Å². The number of carbonyl (C=O) groups excluding carboxylic acids is 1. The molecular weight excluding hydrogens is 545 g/mol. The Morgan fingerprint density at radius 2 is 1.82 bits per heavy atom. The van der Waals surface area contributed by atoms with E-state index in [4.69, 9.17) is 24.9 Å². The second kappa shape index (κ2) is 12.4. The van der Waals surface area contributed by atoms with Crippen molar-refractivity contribution in [2.24, 2.45) is 0 Å². The summed E-state index contributed by atoms with van der Waals surface area (Å²) in [5, 5.41) is 24.3. The number of nitrogens with one attached hydrogen (secondary N) is 2. The van der Waals surface area contributed by atoms with E-state index in [1.807, 2.05) is 10.9 Å². The molecule has 13 nitrogen and oxygen atoms in total. The topological polar surface area (TPSA) is 178 Å². The number of ether oxygens (including phenoxy) is 2. The number of esters is 1. The molecule has 1 unspecified atom stereocenters. The molecule has 0 aliphatic carbocycles. The lowest BCUT2D eigenvalue weighted by Gasteiger charge is -2.26. The molecule has 5 atom stereocenters. The van der Waals surface area contributed by atoms with Gasteiger partial charge in [-0.25, -0.2) is 19.2 Å². The monoisotopic (exact) mass is 571 g/mol. The summed E-state index contributed by atoms with van der Waals surface area (Å²) in [4.78, 5) is 37.9. The molecule has 1 aliphatic rings. The maximum Gasteiger partial charge on any atom is 0.458 e. The molecule has 0 saturated carbocycles. The number of aliphatic hydroxyl groups excluding tert-OH is 1. The van der Waals surface area contributed by atoms with Crippen LogP contribution in [0.1, 0.15) is 16.6 Å². The lowest BCUT2D eigenvalue weighted by atomic mass is 9.95. The van der Waals surface area contributed by atoms with Crippen LogP contribution in [0.2, 0.25) is 0 Å². The van der Waals surface area contributed by atoms with Crippen molar-refractivity contribution in [3.63, 3.8) is 0 Å². The molecule has 1 fully saturated rings. The molecule has 0 radical (unpaired) electrons. The molecule has 3 aromatic rings. The summed E-state index contributed by atoms with van der Waals surface area (Å²) in [7, 11) is -4.19. The molecule has 2 aromatic carbocycles. The van der Waals surface area contributed by atoms with Gasteiger partial charge in [-0.15, -0.1) is 6.42 Å². The summed E-state index contributed by atoms with van der Waals surface area (Å²) >= 11 is 0. The highest BCUT2D eigenvalue weighted by molar-refractivity contribution is 7.52. The molecular formula is C26H26N3O10P. The van der Waals surface area contributed by atoms with Gasteiger partial charge in [0.2, 0.25) is 0 Å². The van der Waals surface area contributed by atoms with Crippen molar-refractivity contribution in [3.8, 4) is 18.1 Å². The van der Waals surface area contributed by atoms with Crippen LogP contribution in [0.4, 0.5) is 0 Å². The lowest BCUT2D eigenvalue weighted by molar-refractivity contribution is -0.0757. The van der Waals surface area contributed by atoms with E-state index in [0.29, 0.717) is 5.56 Å². The zero-order valence-electron chi connectivity index (χ0n) is 20.9. The van der Waals surface area contributed by atoms with E-state index in [2.05, 4.69) is 5.09 Å². The fourth-order valence-electron chi connectivity index (χ4n) is 3.83. The van der Waals surface area contributed by atoms with Crippen LogP contribution in [0.3, 0.4) is 0 Å². The number of hydrogen-bond donors (Lipinski definition) is 4. The van der Waals surface area contributed by atoms with E-state index >= 15 is 0 Å². The highest BCUT2D eigenvalue weighted by Gasteiger charge is 2.56. The molecule has 2 heterocycles. The summed E-state index contributed by atoms with van der Waals surface area (Å²) < 4.78 is 36.3. The van der Waals surface area contributed by atoms with Gasteiger partial charge in [0.1, 0.15) is 24.6 Å². The number of terminal acetylenes is 1. The number of benzene rings is 2. The molecule has 0 spiro atoms. The summed E-state index contributed by atoms with van der Waals surface area (Å²) in [6.07, 6.45) is 1.73. The summed E-state index contributed by atoms with van der Waals surface area (Å²) in [6.45, 7) is -0.934.